The smallest absolute Gasteiger partial charge is 0.0220 e. The normalized spacial score (nSPS) is 12.4. The number of aryl methyl sites for hydroxylation is 1. The van der Waals surface area contributed by atoms with Crippen molar-refractivity contribution >= 4 is 11.3 Å². The van der Waals surface area contributed by atoms with Gasteiger partial charge in [0.05, 0.1) is 0 Å². The van der Waals surface area contributed by atoms with Crippen LogP contribution in [-0.4, -0.2) is 0 Å². The second-order valence-electron chi connectivity index (χ2n) is 3.39. The third kappa shape index (κ3) is 3.24. The molecule has 1 atom stereocenters. The summed E-state index contributed by atoms with van der Waals surface area (Å²) >= 11 is 1.91. The van der Waals surface area contributed by atoms with Crippen LogP contribution in [0.2, 0.25) is 0 Å². The van der Waals surface area contributed by atoms with Gasteiger partial charge in [0, 0.05) is 15.7 Å². The minimum absolute atomic E-state index is 0.369. The van der Waals surface area contributed by atoms with Crippen LogP contribution >= 0.6 is 11.3 Å². The van der Waals surface area contributed by atoms with E-state index < -0.39 is 0 Å². The SMILES string of the molecule is C#CC(C)Cc1ccc(CCC)s1. The van der Waals surface area contributed by atoms with E-state index in [9.17, 15) is 0 Å². The molecule has 0 saturated carbocycles. The number of hydrogen-bond donors (Lipinski definition) is 0. The third-order valence-corrected chi connectivity index (χ3v) is 3.17. The van der Waals surface area contributed by atoms with Crippen molar-refractivity contribution in [3.05, 3.63) is 21.9 Å². The van der Waals surface area contributed by atoms with Gasteiger partial charge in [-0.3, -0.25) is 0 Å². The van der Waals surface area contributed by atoms with Gasteiger partial charge < -0.3 is 0 Å². The molecule has 1 rings (SSSR count). The lowest BCUT2D eigenvalue weighted by Crippen LogP contribution is -1.92. The predicted octanol–water partition coefficient (Wildman–Crippen LogP) is 3.51. The lowest BCUT2D eigenvalue weighted by Gasteiger charge is -1.99. The first-order valence-corrected chi connectivity index (χ1v) is 5.61. The van der Waals surface area contributed by atoms with Gasteiger partial charge in [0.1, 0.15) is 0 Å². The Morgan fingerprint density at radius 2 is 2.15 bits per heavy atom. The minimum Gasteiger partial charge on any atom is -0.145 e. The summed E-state index contributed by atoms with van der Waals surface area (Å²) in [5.74, 6) is 3.13. The zero-order valence-electron chi connectivity index (χ0n) is 8.34. The molecule has 70 valence electrons. The highest BCUT2D eigenvalue weighted by atomic mass is 32.1. The van der Waals surface area contributed by atoms with Gasteiger partial charge in [0.15, 0.2) is 0 Å². The summed E-state index contributed by atoms with van der Waals surface area (Å²) < 4.78 is 0. The van der Waals surface area contributed by atoms with Crippen molar-refractivity contribution < 1.29 is 0 Å². The standard InChI is InChI=1S/C12H16S/c1-4-6-11-7-8-12(13-11)9-10(3)5-2/h2,7-8,10H,4,6,9H2,1,3H3. The predicted molar refractivity (Wildman–Crippen MR) is 60.0 cm³/mol. The Morgan fingerprint density at radius 3 is 2.77 bits per heavy atom. The Labute approximate surface area is 85.0 Å². The lowest BCUT2D eigenvalue weighted by molar-refractivity contribution is 0.761. The maximum atomic E-state index is 5.34. The zero-order chi connectivity index (χ0) is 9.68. The molecule has 0 aliphatic carbocycles. The van der Waals surface area contributed by atoms with Crippen molar-refractivity contribution in [2.75, 3.05) is 0 Å². The number of terminal acetylenes is 1. The highest BCUT2D eigenvalue weighted by molar-refractivity contribution is 7.11. The molecule has 1 heterocycles. The van der Waals surface area contributed by atoms with Gasteiger partial charge in [0.25, 0.3) is 0 Å². The fourth-order valence-electron chi connectivity index (χ4n) is 1.27. The maximum Gasteiger partial charge on any atom is 0.0220 e. The fourth-order valence-corrected chi connectivity index (χ4v) is 2.52. The van der Waals surface area contributed by atoms with E-state index in [-0.39, 0.29) is 0 Å². The summed E-state index contributed by atoms with van der Waals surface area (Å²) in [5, 5.41) is 0. The molecular formula is C12H16S. The second kappa shape index (κ2) is 5.09. The van der Waals surface area contributed by atoms with E-state index >= 15 is 0 Å². The van der Waals surface area contributed by atoms with E-state index in [1.165, 1.54) is 22.6 Å². The number of thiophene rings is 1. The van der Waals surface area contributed by atoms with Gasteiger partial charge in [-0.15, -0.1) is 23.7 Å². The van der Waals surface area contributed by atoms with E-state index in [2.05, 4.69) is 31.9 Å². The van der Waals surface area contributed by atoms with Gasteiger partial charge in [-0.1, -0.05) is 20.3 Å². The van der Waals surface area contributed by atoms with Crippen LogP contribution in [0.3, 0.4) is 0 Å². The molecule has 13 heavy (non-hydrogen) atoms. The highest BCUT2D eigenvalue weighted by Crippen LogP contribution is 2.20. The second-order valence-corrected chi connectivity index (χ2v) is 4.64. The number of hydrogen-bond acceptors (Lipinski definition) is 1. The van der Waals surface area contributed by atoms with Crippen molar-refractivity contribution in [1.29, 1.82) is 0 Å². The molecule has 0 spiro atoms. The van der Waals surface area contributed by atoms with Crippen molar-refractivity contribution in [3.8, 4) is 12.3 Å². The quantitative estimate of drug-likeness (QED) is 0.640. The van der Waals surface area contributed by atoms with Crippen molar-refractivity contribution in [2.24, 2.45) is 5.92 Å². The van der Waals surface area contributed by atoms with Crippen molar-refractivity contribution in [2.45, 2.75) is 33.1 Å². The average Bonchev–Trinajstić information content (AvgIpc) is 2.53. The molecule has 1 unspecified atom stereocenters. The largest absolute Gasteiger partial charge is 0.145 e. The van der Waals surface area contributed by atoms with E-state index in [1.54, 1.807) is 0 Å². The van der Waals surface area contributed by atoms with E-state index in [1.807, 2.05) is 11.3 Å². The molecular weight excluding hydrogens is 176 g/mol. The molecule has 0 N–H and O–H groups in total. The Bertz CT molecular complexity index is 290. The Kier molecular flexibility index (Phi) is 4.05. The summed E-state index contributed by atoms with van der Waals surface area (Å²) in [6, 6.07) is 4.44. The summed E-state index contributed by atoms with van der Waals surface area (Å²) in [5.41, 5.74) is 0. The molecule has 0 aromatic carbocycles. The summed E-state index contributed by atoms with van der Waals surface area (Å²) in [7, 11) is 0. The lowest BCUT2D eigenvalue weighted by atomic mass is 10.1. The molecule has 0 radical (unpaired) electrons. The van der Waals surface area contributed by atoms with Crippen molar-refractivity contribution in [1.82, 2.24) is 0 Å². The highest BCUT2D eigenvalue weighted by Gasteiger charge is 2.02. The van der Waals surface area contributed by atoms with Gasteiger partial charge in [-0.05, 0) is 25.0 Å². The van der Waals surface area contributed by atoms with E-state index in [0.717, 1.165) is 6.42 Å². The molecule has 0 amide bonds. The molecule has 0 aliphatic heterocycles. The minimum atomic E-state index is 0.369. The maximum absolute atomic E-state index is 5.34. The van der Waals surface area contributed by atoms with Crippen LogP contribution in [0.15, 0.2) is 12.1 Å². The van der Waals surface area contributed by atoms with Gasteiger partial charge in [-0.25, -0.2) is 0 Å². The molecule has 1 heteroatoms. The van der Waals surface area contributed by atoms with Crippen LogP contribution in [0.25, 0.3) is 0 Å². The molecule has 0 bridgehead atoms. The Balaban J connectivity index is 2.54. The molecule has 0 saturated heterocycles. The van der Waals surface area contributed by atoms with E-state index in [4.69, 9.17) is 6.42 Å². The van der Waals surface area contributed by atoms with E-state index in [0.29, 0.717) is 5.92 Å². The number of rotatable bonds is 4. The fraction of sp³-hybridized carbons (Fsp3) is 0.500. The van der Waals surface area contributed by atoms with Crippen LogP contribution in [0.5, 0.6) is 0 Å². The van der Waals surface area contributed by atoms with Crippen LogP contribution in [-0.2, 0) is 12.8 Å². The van der Waals surface area contributed by atoms with Crippen molar-refractivity contribution in [3.63, 3.8) is 0 Å². The average molecular weight is 192 g/mol. The molecule has 0 fully saturated rings. The van der Waals surface area contributed by atoms with Crippen LogP contribution in [0.4, 0.5) is 0 Å². The van der Waals surface area contributed by atoms with Crippen LogP contribution in [0, 0.1) is 18.3 Å². The molecule has 1 aromatic rings. The first-order chi connectivity index (χ1) is 6.26. The first kappa shape index (κ1) is 10.3. The molecule has 1 aromatic heterocycles. The van der Waals surface area contributed by atoms with Gasteiger partial charge in [0.2, 0.25) is 0 Å². The molecule has 0 aliphatic rings. The zero-order valence-corrected chi connectivity index (χ0v) is 9.16. The monoisotopic (exact) mass is 192 g/mol. The topological polar surface area (TPSA) is 0 Å². The Morgan fingerprint density at radius 1 is 1.46 bits per heavy atom. The summed E-state index contributed by atoms with van der Waals surface area (Å²) in [6.45, 7) is 4.31. The van der Waals surface area contributed by atoms with Gasteiger partial charge in [-0.2, -0.15) is 0 Å². The van der Waals surface area contributed by atoms with Crippen LogP contribution in [0.1, 0.15) is 30.0 Å². The Hall–Kier alpha value is -0.740. The van der Waals surface area contributed by atoms with Gasteiger partial charge >= 0.3 is 0 Å². The summed E-state index contributed by atoms with van der Waals surface area (Å²) in [4.78, 5) is 2.91. The first-order valence-electron chi connectivity index (χ1n) is 4.80. The summed E-state index contributed by atoms with van der Waals surface area (Å²) in [6.07, 6.45) is 8.80. The van der Waals surface area contributed by atoms with Crippen LogP contribution < -0.4 is 0 Å². The molecule has 0 nitrogen and oxygen atoms in total. The third-order valence-electron chi connectivity index (χ3n) is 2.01.